The van der Waals surface area contributed by atoms with Gasteiger partial charge in [0.2, 0.25) is 0 Å². The topological polar surface area (TPSA) is 12.0 Å². The molecule has 0 fully saturated rings. The third-order valence-corrected chi connectivity index (χ3v) is 4.03. The van der Waals surface area contributed by atoms with E-state index in [1.807, 2.05) is 18.8 Å². The van der Waals surface area contributed by atoms with Gasteiger partial charge in [0.1, 0.15) is 0 Å². The van der Waals surface area contributed by atoms with E-state index in [9.17, 15) is 8.78 Å². The van der Waals surface area contributed by atoms with Crippen molar-refractivity contribution < 1.29 is 8.78 Å². The van der Waals surface area contributed by atoms with Crippen molar-refractivity contribution in [1.29, 1.82) is 0 Å². The fourth-order valence-corrected chi connectivity index (χ4v) is 2.53. The molecule has 0 heterocycles. The lowest BCUT2D eigenvalue weighted by Gasteiger charge is -2.22. The van der Waals surface area contributed by atoms with Crippen molar-refractivity contribution >= 4 is 11.8 Å². The first-order chi connectivity index (χ1) is 8.31. The molecule has 0 aromatic heterocycles. The summed E-state index contributed by atoms with van der Waals surface area (Å²) in [6, 6.07) is 4.37. The molecular weight excluding hydrogens is 252 g/mol. The van der Waals surface area contributed by atoms with E-state index in [0.717, 1.165) is 11.3 Å². The van der Waals surface area contributed by atoms with Gasteiger partial charge in [-0.25, -0.2) is 8.78 Å². The summed E-state index contributed by atoms with van der Waals surface area (Å²) in [6.45, 7) is 6.51. The molecule has 1 aromatic rings. The Morgan fingerprint density at radius 3 is 2.39 bits per heavy atom. The molecule has 1 rings (SSSR count). The standard InChI is InChI=1S/C14H21F2NS/c1-14(2,3)18-9-11(17-4)7-10-5-6-12(15)13(16)8-10/h5-6,8,11,17H,7,9H2,1-4H3. The number of likely N-dealkylation sites (N-methyl/N-ethyl adjacent to an activating group) is 1. The molecule has 0 spiro atoms. The molecule has 0 amide bonds. The Balaban J connectivity index is 2.59. The molecule has 4 heteroatoms. The van der Waals surface area contributed by atoms with Crippen LogP contribution in [0.5, 0.6) is 0 Å². The molecule has 1 nitrogen and oxygen atoms in total. The molecule has 0 aliphatic heterocycles. The largest absolute Gasteiger partial charge is 0.316 e. The highest BCUT2D eigenvalue weighted by molar-refractivity contribution is 8.00. The molecule has 0 radical (unpaired) electrons. The summed E-state index contributed by atoms with van der Waals surface area (Å²) in [4.78, 5) is 0. The summed E-state index contributed by atoms with van der Waals surface area (Å²) in [5, 5.41) is 3.22. The Bertz CT molecular complexity index is 388. The Labute approximate surface area is 112 Å². The average Bonchev–Trinajstić information content (AvgIpc) is 2.28. The highest BCUT2D eigenvalue weighted by atomic mass is 32.2. The fraction of sp³-hybridized carbons (Fsp3) is 0.571. The Morgan fingerprint density at radius 1 is 1.22 bits per heavy atom. The van der Waals surface area contributed by atoms with Crippen LogP contribution in [0.25, 0.3) is 0 Å². The number of nitrogens with one attached hydrogen (secondary N) is 1. The summed E-state index contributed by atoms with van der Waals surface area (Å²) in [7, 11) is 1.90. The van der Waals surface area contributed by atoms with Gasteiger partial charge in [-0.2, -0.15) is 11.8 Å². The monoisotopic (exact) mass is 273 g/mol. The molecule has 18 heavy (non-hydrogen) atoms. The molecule has 0 bridgehead atoms. The van der Waals surface area contributed by atoms with Crippen LogP contribution in [0.3, 0.4) is 0 Å². The van der Waals surface area contributed by atoms with Gasteiger partial charge < -0.3 is 5.32 Å². The van der Waals surface area contributed by atoms with Gasteiger partial charge in [-0.15, -0.1) is 0 Å². The SMILES string of the molecule is CNC(CSC(C)(C)C)Cc1ccc(F)c(F)c1. The Morgan fingerprint density at radius 2 is 1.89 bits per heavy atom. The minimum absolute atomic E-state index is 0.211. The van der Waals surface area contributed by atoms with Crippen molar-refractivity contribution in [2.45, 2.75) is 38.0 Å². The summed E-state index contributed by atoms with van der Waals surface area (Å²) in [5.41, 5.74) is 0.822. The molecule has 0 saturated heterocycles. The van der Waals surface area contributed by atoms with Gasteiger partial charge in [0.25, 0.3) is 0 Å². The maximum atomic E-state index is 13.1. The smallest absolute Gasteiger partial charge is 0.159 e. The van der Waals surface area contributed by atoms with Crippen LogP contribution in [0.2, 0.25) is 0 Å². The first kappa shape index (κ1) is 15.4. The van der Waals surface area contributed by atoms with E-state index in [2.05, 4.69) is 26.1 Å². The van der Waals surface area contributed by atoms with Crippen LogP contribution in [0, 0.1) is 11.6 Å². The summed E-state index contributed by atoms with van der Waals surface area (Å²) in [6.07, 6.45) is 0.705. The van der Waals surface area contributed by atoms with Crippen molar-refractivity contribution in [3.05, 3.63) is 35.4 Å². The lowest BCUT2D eigenvalue weighted by Crippen LogP contribution is -2.31. The maximum absolute atomic E-state index is 13.1. The lowest BCUT2D eigenvalue weighted by molar-refractivity contribution is 0.505. The van der Waals surface area contributed by atoms with Crippen LogP contribution < -0.4 is 5.32 Å². The predicted octanol–water partition coefficient (Wildman–Crippen LogP) is 3.63. The first-order valence-corrected chi connectivity index (χ1v) is 7.05. The van der Waals surface area contributed by atoms with Crippen molar-refractivity contribution in [3.8, 4) is 0 Å². The number of thioether (sulfide) groups is 1. The van der Waals surface area contributed by atoms with Gasteiger partial charge in [0, 0.05) is 16.5 Å². The molecule has 1 N–H and O–H groups in total. The number of rotatable bonds is 5. The first-order valence-electron chi connectivity index (χ1n) is 6.07. The van der Waals surface area contributed by atoms with Gasteiger partial charge >= 0.3 is 0 Å². The zero-order valence-corrected chi connectivity index (χ0v) is 12.2. The molecule has 0 aliphatic carbocycles. The van der Waals surface area contributed by atoms with Crippen LogP contribution in [-0.2, 0) is 6.42 Å². The number of hydrogen-bond acceptors (Lipinski definition) is 2. The second kappa shape index (κ2) is 6.53. The minimum Gasteiger partial charge on any atom is -0.316 e. The molecule has 0 saturated carbocycles. The van der Waals surface area contributed by atoms with E-state index < -0.39 is 11.6 Å². The third kappa shape index (κ3) is 5.36. The van der Waals surface area contributed by atoms with E-state index in [-0.39, 0.29) is 10.8 Å². The van der Waals surface area contributed by atoms with Crippen molar-refractivity contribution in [2.75, 3.05) is 12.8 Å². The molecular formula is C14H21F2NS. The van der Waals surface area contributed by atoms with E-state index in [0.29, 0.717) is 6.42 Å². The van der Waals surface area contributed by atoms with E-state index >= 15 is 0 Å². The van der Waals surface area contributed by atoms with Gasteiger partial charge in [-0.3, -0.25) is 0 Å². The third-order valence-electron chi connectivity index (χ3n) is 2.59. The maximum Gasteiger partial charge on any atom is 0.159 e. The molecule has 0 aliphatic rings. The van der Waals surface area contributed by atoms with Crippen LogP contribution in [0.4, 0.5) is 8.78 Å². The lowest BCUT2D eigenvalue weighted by atomic mass is 10.1. The van der Waals surface area contributed by atoms with E-state index in [1.165, 1.54) is 12.1 Å². The normalized spacial score (nSPS) is 13.7. The van der Waals surface area contributed by atoms with Crippen molar-refractivity contribution in [3.63, 3.8) is 0 Å². The van der Waals surface area contributed by atoms with Gasteiger partial charge in [-0.1, -0.05) is 26.8 Å². The second-order valence-electron chi connectivity index (χ2n) is 5.36. The Hall–Kier alpha value is -0.610. The molecule has 1 aromatic carbocycles. The zero-order valence-electron chi connectivity index (χ0n) is 11.4. The molecule has 1 atom stereocenters. The van der Waals surface area contributed by atoms with Crippen molar-refractivity contribution in [2.24, 2.45) is 0 Å². The predicted molar refractivity (Wildman–Crippen MR) is 75.1 cm³/mol. The van der Waals surface area contributed by atoms with Crippen LogP contribution in [0.15, 0.2) is 18.2 Å². The summed E-state index contributed by atoms with van der Waals surface area (Å²) in [5.74, 6) is -0.617. The molecule has 1 unspecified atom stereocenters. The van der Waals surface area contributed by atoms with Crippen LogP contribution >= 0.6 is 11.8 Å². The van der Waals surface area contributed by atoms with Crippen molar-refractivity contribution in [1.82, 2.24) is 5.32 Å². The van der Waals surface area contributed by atoms with Gasteiger partial charge in [0.15, 0.2) is 11.6 Å². The van der Waals surface area contributed by atoms with Crippen LogP contribution in [0.1, 0.15) is 26.3 Å². The highest BCUT2D eigenvalue weighted by Crippen LogP contribution is 2.24. The van der Waals surface area contributed by atoms with E-state index in [1.54, 1.807) is 6.07 Å². The Kier molecular flexibility index (Phi) is 5.60. The second-order valence-corrected chi connectivity index (χ2v) is 7.21. The fourth-order valence-electron chi connectivity index (χ4n) is 1.55. The number of halogens is 2. The summed E-state index contributed by atoms with van der Waals surface area (Å²) < 4.78 is 26.1. The zero-order chi connectivity index (χ0) is 13.8. The van der Waals surface area contributed by atoms with E-state index in [4.69, 9.17) is 0 Å². The number of benzene rings is 1. The van der Waals surface area contributed by atoms with Gasteiger partial charge in [0.05, 0.1) is 0 Å². The van der Waals surface area contributed by atoms with Crippen LogP contribution in [-0.4, -0.2) is 23.6 Å². The minimum atomic E-state index is -0.788. The highest BCUT2D eigenvalue weighted by Gasteiger charge is 2.15. The number of hydrogen-bond donors (Lipinski definition) is 1. The quantitative estimate of drug-likeness (QED) is 0.879. The molecule has 102 valence electrons. The summed E-state index contributed by atoms with van der Waals surface area (Å²) >= 11 is 1.86. The average molecular weight is 273 g/mol. The van der Waals surface area contributed by atoms with Gasteiger partial charge in [-0.05, 0) is 31.2 Å².